The molecule has 4 nitrogen and oxygen atoms in total. The molecule has 0 aliphatic carbocycles. The van der Waals surface area contributed by atoms with Crippen molar-refractivity contribution in [2.75, 3.05) is 18.8 Å². The average Bonchev–Trinajstić information content (AvgIpc) is 2.37. The lowest BCUT2D eigenvalue weighted by Crippen LogP contribution is -2.36. The molecule has 0 radical (unpaired) electrons. The van der Waals surface area contributed by atoms with E-state index in [4.69, 9.17) is 5.73 Å². The van der Waals surface area contributed by atoms with E-state index in [1.165, 1.54) is 9.88 Å². The Labute approximate surface area is 135 Å². The Morgan fingerprint density at radius 1 is 1.29 bits per heavy atom. The summed E-state index contributed by atoms with van der Waals surface area (Å²) in [6.45, 7) is 7.35. The Morgan fingerprint density at radius 3 is 2.43 bits per heavy atom. The van der Waals surface area contributed by atoms with Crippen LogP contribution in [-0.4, -0.2) is 25.8 Å². The molecule has 1 aromatic carbocycles. The first kappa shape index (κ1) is 16.5. The van der Waals surface area contributed by atoms with Crippen molar-refractivity contribution in [2.24, 2.45) is 5.41 Å². The third-order valence-corrected chi connectivity index (χ3v) is 6.16. The number of hydrogen-bond donors (Lipinski definition) is 1. The SMILES string of the molecule is CC(C)(C)C1=CCN(S(=O)(=O)c2ccc(Br)cc2N)CC1. The van der Waals surface area contributed by atoms with E-state index >= 15 is 0 Å². The Kier molecular flexibility index (Phi) is 4.52. The van der Waals surface area contributed by atoms with Crippen LogP contribution >= 0.6 is 15.9 Å². The zero-order valence-corrected chi connectivity index (χ0v) is 15.0. The minimum absolute atomic E-state index is 0.0898. The van der Waals surface area contributed by atoms with Gasteiger partial charge in [0.05, 0.1) is 5.69 Å². The molecule has 6 heteroatoms. The molecule has 1 aliphatic heterocycles. The maximum atomic E-state index is 12.7. The van der Waals surface area contributed by atoms with Crippen LogP contribution in [0.25, 0.3) is 0 Å². The number of halogens is 1. The van der Waals surface area contributed by atoms with Gasteiger partial charge in [0.1, 0.15) is 4.90 Å². The van der Waals surface area contributed by atoms with Gasteiger partial charge in [-0.1, -0.05) is 48.4 Å². The summed E-state index contributed by atoms with van der Waals surface area (Å²) >= 11 is 3.29. The molecule has 2 rings (SSSR count). The predicted octanol–water partition coefficient (Wildman–Crippen LogP) is 3.40. The van der Waals surface area contributed by atoms with E-state index in [0.717, 1.165) is 10.9 Å². The summed E-state index contributed by atoms with van der Waals surface area (Å²) in [4.78, 5) is 0.179. The van der Waals surface area contributed by atoms with Crippen molar-refractivity contribution in [3.05, 3.63) is 34.3 Å². The van der Waals surface area contributed by atoms with Gasteiger partial charge < -0.3 is 5.73 Å². The van der Waals surface area contributed by atoms with E-state index in [9.17, 15) is 8.42 Å². The average molecular weight is 373 g/mol. The van der Waals surface area contributed by atoms with Crippen molar-refractivity contribution in [1.29, 1.82) is 0 Å². The Morgan fingerprint density at radius 2 is 1.95 bits per heavy atom. The quantitative estimate of drug-likeness (QED) is 0.638. The summed E-state index contributed by atoms with van der Waals surface area (Å²) < 4.78 is 27.6. The lowest BCUT2D eigenvalue weighted by atomic mass is 9.83. The second kappa shape index (κ2) is 5.74. The van der Waals surface area contributed by atoms with Crippen LogP contribution in [0.3, 0.4) is 0 Å². The number of nitrogens with two attached hydrogens (primary N) is 1. The van der Waals surface area contributed by atoms with Gasteiger partial charge in [-0.15, -0.1) is 0 Å². The smallest absolute Gasteiger partial charge is 0.245 e. The third-order valence-electron chi connectivity index (χ3n) is 3.72. The largest absolute Gasteiger partial charge is 0.398 e. The predicted molar refractivity (Wildman–Crippen MR) is 89.5 cm³/mol. The van der Waals surface area contributed by atoms with Crippen molar-refractivity contribution in [1.82, 2.24) is 4.31 Å². The highest BCUT2D eigenvalue weighted by molar-refractivity contribution is 9.10. The number of nitrogens with zero attached hydrogens (tertiary/aromatic N) is 1. The van der Waals surface area contributed by atoms with Gasteiger partial charge in [0.25, 0.3) is 0 Å². The normalized spacial score (nSPS) is 17.6. The van der Waals surface area contributed by atoms with Crippen LogP contribution in [0, 0.1) is 5.41 Å². The van der Waals surface area contributed by atoms with Crippen molar-refractivity contribution in [2.45, 2.75) is 32.1 Å². The topological polar surface area (TPSA) is 63.4 Å². The molecule has 0 aromatic heterocycles. The molecule has 0 bridgehead atoms. The van der Waals surface area contributed by atoms with Gasteiger partial charge in [0, 0.05) is 17.6 Å². The molecular formula is C15H21BrN2O2S. The summed E-state index contributed by atoms with van der Waals surface area (Å²) in [5.41, 5.74) is 7.53. The van der Waals surface area contributed by atoms with Gasteiger partial charge in [-0.25, -0.2) is 8.42 Å². The van der Waals surface area contributed by atoms with Crippen LogP contribution in [-0.2, 0) is 10.0 Å². The number of sulfonamides is 1. The lowest BCUT2D eigenvalue weighted by molar-refractivity contribution is 0.390. The van der Waals surface area contributed by atoms with Crippen LogP contribution in [0.4, 0.5) is 5.69 Å². The van der Waals surface area contributed by atoms with Gasteiger partial charge in [-0.3, -0.25) is 0 Å². The van der Waals surface area contributed by atoms with E-state index in [2.05, 4.69) is 36.7 Å². The van der Waals surface area contributed by atoms with E-state index in [0.29, 0.717) is 13.1 Å². The Bertz CT molecular complexity index is 675. The highest BCUT2D eigenvalue weighted by Gasteiger charge is 2.30. The highest BCUT2D eigenvalue weighted by Crippen LogP contribution is 2.33. The first-order valence-corrected chi connectivity index (χ1v) is 9.10. The molecule has 0 amide bonds. The molecule has 0 fully saturated rings. The summed E-state index contributed by atoms with van der Waals surface area (Å²) in [5.74, 6) is 0. The first-order valence-electron chi connectivity index (χ1n) is 6.87. The third kappa shape index (κ3) is 3.49. The second-order valence-corrected chi connectivity index (χ2v) is 9.10. The summed E-state index contributed by atoms with van der Waals surface area (Å²) in [7, 11) is -3.54. The number of nitrogen functional groups attached to an aromatic ring is 1. The molecule has 0 atom stereocenters. The first-order chi connectivity index (χ1) is 9.62. The Balaban J connectivity index is 2.29. The fourth-order valence-electron chi connectivity index (χ4n) is 2.44. The molecule has 0 saturated carbocycles. The molecule has 1 heterocycles. The van der Waals surface area contributed by atoms with Crippen LogP contribution < -0.4 is 5.73 Å². The molecule has 2 N–H and O–H groups in total. The van der Waals surface area contributed by atoms with E-state index < -0.39 is 10.0 Å². The lowest BCUT2D eigenvalue weighted by Gasteiger charge is -2.31. The molecule has 1 aromatic rings. The fourth-order valence-corrected chi connectivity index (χ4v) is 4.30. The van der Waals surface area contributed by atoms with E-state index in [-0.39, 0.29) is 16.0 Å². The number of benzene rings is 1. The van der Waals surface area contributed by atoms with Crippen LogP contribution in [0.1, 0.15) is 27.2 Å². The number of anilines is 1. The molecule has 0 unspecified atom stereocenters. The molecular weight excluding hydrogens is 352 g/mol. The number of rotatable bonds is 2. The highest BCUT2D eigenvalue weighted by atomic mass is 79.9. The molecule has 21 heavy (non-hydrogen) atoms. The molecule has 0 spiro atoms. The zero-order valence-electron chi connectivity index (χ0n) is 12.6. The van der Waals surface area contributed by atoms with Gasteiger partial charge in [-0.2, -0.15) is 4.31 Å². The van der Waals surface area contributed by atoms with Crippen molar-refractivity contribution >= 4 is 31.6 Å². The minimum Gasteiger partial charge on any atom is -0.398 e. The zero-order chi connectivity index (χ0) is 15.8. The maximum Gasteiger partial charge on any atom is 0.245 e. The van der Waals surface area contributed by atoms with Crippen LogP contribution in [0.2, 0.25) is 0 Å². The fraction of sp³-hybridized carbons (Fsp3) is 0.467. The molecule has 0 saturated heterocycles. The van der Waals surface area contributed by atoms with E-state index in [1.54, 1.807) is 18.2 Å². The van der Waals surface area contributed by atoms with Gasteiger partial charge in [-0.05, 0) is 30.0 Å². The summed E-state index contributed by atoms with van der Waals surface area (Å²) in [6, 6.07) is 4.87. The molecule has 116 valence electrons. The number of hydrogen-bond acceptors (Lipinski definition) is 3. The van der Waals surface area contributed by atoms with Crippen molar-refractivity contribution in [3.8, 4) is 0 Å². The van der Waals surface area contributed by atoms with Crippen LogP contribution in [0.15, 0.2) is 39.2 Å². The monoisotopic (exact) mass is 372 g/mol. The summed E-state index contributed by atoms with van der Waals surface area (Å²) in [6.07, 6.45) is 2.79. The summed E-state index contributed by atoms with van der Waals surface area (Å²) in [5, 5.41) is 0. The van der Waals surface area contributed by atoms with Crippen molar-refractivity contribution < 1.29 is 8.42 Å². The molecule has 1 aliphatic rings. The maximum absolute atomic E-state index is 12.7. The second-order valence-electron chi connectivity index (χ2n) is 6.27. The van der Waals surface area contributed by atoms with Gasteiger partial charge in [0.2, 0.25) is 10.0 Å². The Hall–Kier alpha value is -0.850. The van der Waals surface area contributed by atoms with Gasteiger partial charge in [0.15, 0.2) is 0 Å². The van der Waals surface area contributed by atoms with E-state index in [1.807, 2.05) is 6.08 Å². The standard InChI is InChI=1S/C15H21BrN2O2S/c1-15(2,3)11-6-8-18(9-7-11)21(19,20)14-5-4-12(16)10-13(14)17/h4-6,10H,7-9,17H2,1-3H3. The minimum atomic E-state index is -3.54. The van der Waals surface area contributed by atoms with Gasteiger partial charge >= 0.3 is 0 Å². The van der Waals surface area contributed by atoms with Crippen molar-refractivity contribution in [3.63, 3.8) is 0 Å². The van der Waals surface area contributed by atoms with Crippen LogP contribution in [0.5, 0.6) is 0 Å².